The van der Waals surface area contributed by atoms with Gasteiger partial charge in [-0.2, -0.15) is 0 Å². The quantitative estimate of drug-likeness (QED) is 0.502. The van der Waals surface area contributed by atoms with Crippen LogP contribution in [0.1, 0.15) is 37.8 Å². The van der Waals surface area contributed by atoms with Crippen LogP contribution in [-0.2, 0) is 0 Å². The van der Waals surface area contributed by atoms with Crippen molar-refractivity contribution in [2.45, 2.75) is 26.7 Å². The summed E-state index contributed by atoms with van der Waals surface area (Å²) in [5.41, 5.74) is 5.17. The summed E-state index contributed by atoms with van der Waals surface area (Å²) in [6.45, 7) is 4.00. The Morgan fingerprint density at radius 3 is 1.82 bits per heavy atom. The maximum atomic E-state index is 2.25. The lowest BCUT2D eigenvalue weighted by Gasteiger charge is -2.00. The summed E-state index contributed by atoms with van der Waals surface area (Å²) in [5, 5.41) is 0. The smallest absolute Gasteiger partial charge is 0.0157 e. The van der Waals surface area contributed by atoms with Gasteiger partial charge in [0.25, 0.3) is 0 Å². The molecule has 0 spiro atoms. The van der Waals surface area contributed by atoms with Gasteiger partial charge in [-0.1, -0.05) is 135 Å². The highest BCUT2D eigenvalue weighted by Crippen LogP contribution is 2.18. The first-order chi connectivity index (χ1) is 13.9. The Balaban J connectivity index is 0.000000184. The zero-order valence-electron chi connectivity index (χ0n) is 17.0. The van der Waals surface area contributed by atoms with Gasteiger partial charge in [-0.15, -0.1) is 0 Å². The highest BCUT2D eigenvalue weighted by molar-refractivity contribution is 5.76. The van der Waals surface area contributed by atoms with E-state index in [-0.39, 0.29) is 0 Å². The molecule has 4 rings (SSSR count). The van der Waals surface area contributed by atoms with Gasteiger partial charge in [0.15, 0.2) is 0 Å². The van der Waals surface area contributed by atoms with E-state index in [1.165, 1.54) is 22.3 Å². The minimum Gasteiger partial charge on any atom is -0.0807 e. The van der Waals surface area contributed by atoms with Gasteiger partial charge < -0.3 is 0 Å². The van der Waals surface area contributed by atoms with Crippen molar-refractivity contribution in [3.63, 3.8) is 0 Å². The van der Waals surface area contributed by atoms with Crippen LogP contribution in [0.15, 0.2) is 121 Å². The average Bonchev–Trinajstić information content (AvgIpc) is 3.23. The predicted molar refractivity (Wildman–Crippen MR) is 126 cm³/mol. The van der Waals surface area contributed by atoms with E-state index in [0.29, 0.717) is 0 Å². The molecule has 0 aliphatic heterocycles. The molecule has 0 atom stereocenters. The summed E-state index contributed by atoms with van der Waals surface area (Å²) >= 11 is 0. The van der Waals surface area contributed by atoms with Gasteiger partial charge in [0, 0.05) is 0 Å². The first kappa shape index (κ1) is 21.2. The van der Waals surface area contributed by atoms with E-state index in [1.54, 1.807) is 0 Å². The maximum absolute atomic E-state index is 2.25. The molecule has 28 heavy (non-hydrogen) atoms. The predicted octanol–water partition coefficient (Wildman–Crippen LogP) is 8.20. The summed E-state index contributed by atoms with van der Waals surface area (Å²) in [4.78, 5) is 0. The Morgan fingerprint density at radius 1 is 0.536 bits per heavy atom. The van der Waals surface area contributed by atoms with E-state index in [2.05, 4.69) is 109 Å². The molecular formula is C28H30. The maximum Gasteiger partial charge on any atom is -0.0157 e. The molecule has 2 aromatic rings. The Bertz CT molecular complexity index is 857. The Kier molecular flexibility index (Phi) is 9.92. The van der Waals surface area contributed by atoms with Crippen LogP contribution < -0.4 is 0 Å². The first-order valence-electron chi connectivity index (χ1n) is 10.1. The van der Waals surface area contributed by atoms with Crippen LogP contribution in [0.2, 0.25) is 0 Å². The summed E-state index contributed by atoms with van der Waals surface area (Å²) in [7, 11) is 0. The van der Waals surface area contributed by atoms with E-state index >= 15 is 0 Å². The lowest BCUT2D eigenvalue weighted by Crippen LogP contribution is -1.78. The third-order valence-electron chi connectivity index (χ3n) is 4.19. The zero-order valence-corrected chi connectivity index (χ0v) is 17.0. The van der Waals surface area contributed by atoms with Gasteiger partial charge in [0.05, 0.1) is 0 Å². The summed E-state index contributed by atoms with van der Waals surface area (Å²) in [5.74, 6) is 0. The number of hydrogen-bond acceptors (Lipinski definition) is 0. The van der Waals surface area contributed by atoms with Crippen LogP contribution in [-0.4, -0.2) is 0 Å². The zero-order chi connectivity index (χ0) is 19.9. The van der Waals surface area contributed by atoms with Crippen LogP contribution in [0, 0.1) is 0 Å². The normalized spacial score (nSPS) is 14.4. The fraction of sp³-hybridized carbons (Fsp3) is 0.143. The van der Waals surface area contributed by atoms with Gasteiger partial charge in [0.1, 0.15) is 0 Å². The standard InChI is InChI=1S/2C13H12.C2H6/c2*1-2-5-9-12(8-4-1)13-10-6-3-7-11-13;1-2/h1,3-11H,2H2;1-4,6-11H,5H2;1-2H3. The van der Waals surface area contributed by atoms with Crippen LogP contribution in [0.4, 0.5) is 0 Å². The van der Waals surface area contributed by atoms with Crippen LogP contribution in [0.25, 0.3) is 11.1 Å². The second kappa shape index (κ2) is 13.1. The fourth-order valence-electron chi connectivity index (χ4n) is 2.83. The molecule has 0 radical (unpaired) electrons. The molecule has 0 saturated heterocycles. The monoisotopic (exact) mass is 366 g/mol. The molecule has 0 amide bonds. The topological polar surface area (TPSA) is 0 Å². The molecule has 0 unspecified atom stereocenters. The molecule has 0 bridgehead atoms. The Morgan fingerprint density at radius 2 is 1.14 bits per heavy atom. The van der Waals surface area contributed by atoms with Crippen molar-refractivity contribution in [1.29, 1.82) is 0 Å². The minimum absolute atomic E-state index is 1.03. The van der Waals surface area contributed by atoms with Gasteiger partial charge in [-0.25, -0.2) is 0 Å². The van der Waals surface area contributed by atoms with Crippen LogP contribution >= 0.6 is 0 Å². The number of benzene rings is 2. The van der Waals surface area contributed by atoms with E-state index in [4.69, 9.17) is 0 Å². The van der Waals surface area contributed by atoms with Gasteiger partial charge >= 0.3 is 0 Å². The fourth-order valence-corrected chi connectivity index (χ4v) is 2.83. The van der Waals surface area contributed by atoms with E-state index in [1.807, 2.05) is 26.0 Å². The molecule has 142 valence electrons. The van der Waals surface area contributed by atoms with E-state index in [9.17, 15) is 0 Å². The van der Waals surface area contributed by atoms with Gasteiger partial charge in [-0.3, -0.25) is 0 Å². The summed E-state index contributed by atoms with van der Waals surface area (Å²) < 4.78 is 0. The SMILES string of the molecule is C1=CCC=C(c2ccccc2)C=C1.C1=CCC=CC(c2ccccc2)=C1.CC. The lowest BCUT2D eigenvalue weighted by molar-refractivity contribution is 1.40. The molecule has 2 aromatic carbocycles. The van der Waals surface area contributed by atoms with Crippen molar-refractivity contribution in [3.8, 4) is 0 Å². The molecule has 0 heteroatoms. The third-order valence-corrected chi connectivity index (χ3v) is 4.19. The van der Waals surface area contributed by atoms with Gasteiger partial charge in [-0.05, 0) is 35.1 Å². The molecule has 0 fully saturated rings. The second-order valence-electron chi connectivity index (χ2n) is 6.10. The van der Waals surface area contributed by atoms with Crippen molar-refractivity contribution in [2.75, 3.05) is 0 Å². The minimum atomic E-state index is 1.03. The second-order valence-corrected chi connectivity index (χ2v) is 6.10. The highest BCUT2D eigenvalue weighted by Gasteiger charge is 1.96. The molecule has 0 nitrogen and oxygen atoms in total. The number of allylic oxidation sites excluding steroid dienone is 12. The first-order valence-corrected chi connectivity index (χ1v) is 10.1. The molecular weight excluding hydrogens is 336 g/mol. The Hall–Kier alpha value is -3.12. The number of rotatable bonds is 2. The molecule has 2 aliphatic carbocycles. The van der Waals surface area contributed by atoms with Crippen molar-refractivity contribution in [3.05, 3.63) is 133 Å². The molecule has 0 aromatic heterocycles. The van der Waals surface area contributed by atoms with E-state index in [0.717, 1.165) is 12.8 Å². The van der Waals surface area contributed by atoms with E-state index < -0.39 is 0 Å². The van der Waals surface area contributed by atoms with Crippen molar-refractivity contribution >= 4 is 11.1 Å². The molecule has 0 heterocycles. The van der Waals surface area contributed by atoms with Crippen LogP contribution in [0.5, 0.6) is 0 Å². The van der Waals surface area contributed by atoms with Crippen molar-refractivity contribution in [2.24, 2.45) is 0 Å². The molecule has 2 aliphatic rings. The third kappa shape index (κ3) is 7.25. The van der Waals surface area contributed by atoms with Gasteiger partial charge in [0.2, 0.25) is 0 Å². The van der Waals surface area contributed by atoms with Crippen molar-refractivity contribution < 1.29 is 0 Å². The van der Waals surface area contributed by atoms with Crippen LogP contribution in [0.3, 0.4) is 0 Å². The average molecular weight is 367 g/mol. The lowest BCUT2D eigenvalue weighted by atomic mass is 10.1. The molecule has 0 N–H and O–H groups in total. The summed E-state index contributed by atoms with van der Waals surface area (Å²) in [6.07, 6.45) is 23.6. The van der Waals surface area contributed by atoms with Crippen molar-refractivity contribution in [1.82, 2.24) is 0 Å². The Labute approximate surface area is 170 Å². The summed E-state index contributed by atoms with van der Waals surface area (Å²) in [6, 6.07) is 20.9. The number of hydrogen-bond donors (Lipinski definition) is 0. The largest absolute Gasteiger partial charge is 0.0807 e. The molecule has 0 saturated carbocycles. The highest BCUT2D eigenvalue weighted by atomic mass is 14.0.